The lowest BCUT2D eigenvalue weighted by Crippen LogP contribution is -2.14. The third kappa shape index (κ3) is 7.64. The monoisotopic (exact) mass is 512 g/mol. The van der Waals surface area contributed by atoms with E-state index in [-0.39, 0.29) is 24.7 Å². The van der Waals surface area contributed by atoms with Gasteiger partial charge in [0.2, 0.25) is 22.1 Å². The summed E-state index contributed by atoms with van der Waals surface area (Å²) in [7, 11) is 0. The Morgan fingerprint density at radius 1 is 0.794 bits per heavy atom. The number of hydrogen-bond donors (Lipinski definition) is 2. The van der Waals surface area contributed by atoms with Crippen LogP contribution in [0.4, 0.5) is 10.3 Å². The molecule has 2 amide bonds. The van der Waals surface area contributed by atoms with Crippen molar-refractivity contribution in [3.8, 4) is 0 Å². The molecule has 4 aromatic rings. The van der Waals surface area contributed by atoms with Crippen molar-refractivity contribution in [1.82, 2.24) is 30.4 Å². The maximum Gasteiger partial charge on any atom is 0.232 e. The number of amides is 2. The molecule has 0 saturated heterocycles. The summed E-state index contributed by atoms with van der Waals surface area (Å²) in [5, 5.41) is 23.7. The fraction of sp³-hybridized carbons (Fsp3) is 0.238. The van der Waals surface area contributed by atoms with Crippen molar-refractivity contribution < 1.29 is 9.59 Å². The number of aromatic nitrogens is 6. The number of carbonyl (C=O) groups is 2. The number of rotatable bonds is 11. The highest BCUT2D eigenvalue weighted by atomic mass is 32.2. The molecule has 4 aromatic heterocycles. The van der Waals surface area contributed by atoms with Crippen LogP contribution in [0, 0.1) is 0 Å². The molecule has 0 fully saturated rings. The van der Waals surface area contributed by atoms with Crippen LogP contribution in [0.15, 0.2) is 53.1 Å². The Hall–Kier alpha value is -3.29. The van der Waals surface area contributed by atoms with Crippen LogP contribution in [-0.2, 0) is 28.9 Å². The first-order valence-corrected chi connectivity index (χ1v) is 12.9. The van der Waals surface area contributed by atoms with Gasteiger partial charge in [0.05, 0.1) is 12.8 Å². The van der Waals surface area contributed by atoms with E-state index in [4.69, 9.17) is 0 Å². The Labute approximate surface area is 207 Å². The molecule has 0 unspecified atom stereocenters. The first-order valence-electron chi connectivity index (χ1n) is 10.3. The number of nitrogens with zero attached hydrogens (tertiary/aromatic N) is 6. The number of pyridine rings is 2. The predicted octanol–water partition coefficient (Wildman–Crippen LogP) is 3.27. The topological polar surface area (TPSA) is 136 Å². The van der Waals surface area contributed by atoms with E-state index < -0.39 is 0 Å². The Morgan fingerprint density at radius 3 is 2.03 bits per heavy atom. The Kier molecular flexibility index (Phi) is 8.60. The van der Waals surface area contributed by atoms with E-state index in [0.717, 1.165) is 27.9 Å². The van der Waals surface area contributed by atoms with Gasteiger partial charge in [-0.3, -0.25) is 19.6 Å². The van der Waals surface area contributed by atoms with Crippen LogP contribution >= 0.6 is 34.4 Å². The second-order valence-electron chi connectivity index (χ2n) is 6.92. The number of aryl methyl sites for hydroxylation is 1. The molecule has 2 N–H and O–H groups in total. The van der Waals surface area contributed by atoms with E-state index in [1.54, 1.807) is 36.3 Å². The van der Waals surface area contributed by atoms with Crippen LogP contribution in [0.25, 0.3) is 0 Å². The van der Waals surface area contributed by atoms with E-state index in [1.807, 2.05) is 24.3 Å². The number of nitrogens with one attached hydrogen (secondary N) is 2. The van der Waals surface area contributed by atoms with Crippen molar-refractivity contribution in [2.45, 2.75) is 30.0 Å². The molecule has 0 aromatic carbocycles. The SMILES string of the molecule is O=C(Cc1ccccn1)Nc1nnc(CCCSc2nnc(NC(=O)Cc3ccccn3)s2)s1. The second kappa shape index (κ2) is 12.3. The summed E-state index contributed by atoms with van der Waals surface area (Å²) >= 11 is 4.28. The molecular formula is C21H20N8O2S3. The first-order chi connectivity index (χ1) is 16.6. The standard InChI is InChI=1S/C21H20N8O2S3/c30-16(12-14-6-1-3-9-22-14)24-19-27-26-18(33-19)8-5-11-32-21-29-28-20(34-21)25-17(31)13-15-7-2-4-10-23-15/h1-4,6-7,9-10H,5,8,11-13H2,(H,24,27,30)(H,25,28,31). The number of hydrogen-bond acceptors (Lipinski definition) is 11. The van der Waals surface area contributed by atoms with Gasteiger partial charge in [-0.2, -0.15) is 0 Å². The van der Waals surface area contributed by atoms with Gasteiger partial charge in [0.1, 0.15) is 5.01 Å². The van der Waals surface area contributed by atoms with Gasteiger partial charge < -0.3 is 10.6 Å². The van der Waals surface area contributed by atoms with Gasteiger partial charge in [-0.05, 0) is 30.7 Å². The van der Waals surface area contributed by atoms with Gasteiger partial charge in [-0.15, -0.1) is 20.4 Å². The third-order valence-electron chi connectivity index (χ3n) is 4.26. The molecule has 0 aliphatic carbocycles. The van der Waals surface area contributed by atoms with Gasteiger partial charge in [-0.25, -0.2) is 0 Å². The molecule has 0 spiro atoms. The van der Waals surface area contributed by atoms with Crippen molar-refractivity contribution in [3.05, 3.63) is 65.2 Å². The molecule has 0 aliphatic rings. The lowest BCUT2D eigenvalue weighted by atomic mass is 10.2. The van der Waals surface area contributed by atoms with Crippen molar-refractivity contribution in [3.63, 3.8) is 0 Å². The molecule has 4 heterocycles. The summed E-state index contributed by atoms with van der Waals surface area (Å²) in [4.78, 5) is 32.5. The molecule has 0 bridgehead atoms. The van der Waals surface area contributed by atoms with E-state index in [1.165, 1.54) is 22.7 Å². The second-order valence-corrected chi connectivity index (χ2v) is 10.3. The van der Waals surface area contributed by atoms with Gasteiger partial charge in [0.25, 0.3) is 0 Å². The summed E-state index contributed by atoms with van der Waals surface area (Å²) in [6.45, 7) is 0. The largest absolute Gasteiger partial charge is 0.300 e. The quantitative estimate of drug-likeness (QED) is 0.176. The van der Waals surface area contributed by atoms with Crippen molar-refractivity contribution >= 4 is 56.5 Å². The van der Waals surface area contributed by atoms with Gasteiger partial charge in [-0.1, -0.05) is 46.6 Å². The van der Waals surface area contributed by atoms with E-state index in [9.17, 15) is 9.59 Å². The molecule has 0 saturated carbocycles. The fourth-order valence-corrected chi connectivity index (χ4v) is 5.34. The average Bonchev–Trinajstić information content (AvgIpc) is 3.47. The van der Waals surface area contributed by atoms with Crippen LogP contribution in [0.5, 0.6) is 0 Å². The fourth-order valence-electron chi connectivity index (χ4n) is 2.77. The predicted molar refractivity (Wildman–Crippen MR) is 132 cm³/mol. The highest BCUT2D eigenvalue weighted by molar-refractivity contribution is 8.01. The van der Waals surface area contributed by atoms with Crippen LogP contribution in [0.2, 0.25) is 0 Å². The molecule has 34 heavy (non-hydrogen) atoms. The van der Waals surface area contributed by atoms with Crippen LogP contribution < -0.4 is 10.6 Å². The smallest absolute Gasteiger partial charge is 0.232 e. The van der Waals surface area contributed by atoms with Crippen LogP contribution in [0.1, 0.15) is 22.8 Å². The zero-order valence-electron chi connectivity index (χ0n) is 17.9. The molecule has 174 valence electrons. The summed E-state index contributed by atoms with van der Waals surface area (Å²) in [6.07, 6.45) is 5.31. The lowest BCUT2D eigenvalue weighted by molar-refractivity contribution is -0.116. The highest BCUT2D eigenvalue weighted by Crippen LogP contribution is 2.27. The minimum absolute atomic E-state index is 0.170. The van der Waals surface area contributed by atoms with Crippen molar-refractivity contribution in [1.29, 1.82) is 0 Å². The first kappa shape index (κ1) is 23.9. The Balaban J connectivity index is 1.15. The molecule has 0 aliphatic heterocycles. The summed E-state index contributed by atoms with van der Waals surface area (Å²) in [6, 6.07) is 10.9. The molecule has 13 heteroatoms. The zero-order valence-corrected chi connectivity index (χ0v) is 20.3. The number of thioether (sulfide) groups is 1. The number of anilines is 2. The molecular weight excluding hydrogens is 492 g/mol. The molecule has 0 radical (unpaired) electrons. The molecule has 4 rings (SSSR count). The maximum atomic E-state index is 12.1. The summed E-state index contributed by atoms with van der Waals surface area (Å²) in [5.41, 5.74) is 1.40. The van der Waals surface area contributed by atoms with Crippen LogP contribution in [0.3, 0.4) is 0 Å². The van der Waals surface area contributed by atoms with E-state index >= 15 is 0 Å². The van der Waals surface area contributed by atoms with Crippen LogP contribution in [-0.4, -0.2) is 47.9 Å². The minimum Gasteiger partial charge on any atom is -0.300 e. The van der Waals surface area contributed by atoms with Gasteiger partial charge in [0.15, 0.2) is 4.34 Å². The van der Waals surface area contributed by atoms with E-state index in [2.05, 4.69) is 41.0 Å². The normalized spacial score (nSPS) is 10.7. The molecule has 0 atom stereocenters. The zero-order chi connectivity index (χ0) is 23.6. The maximum absolute atomic E-state index is 12.1. The number of carbonyl (C=O) groups excluding carboxylic acids is 2. The Morgan fingerprint density at radius 2 is 1.41 bits per heavy atom. The minimum atomic E-state index is -0.175. The summed E-state index contributed by atoms with van der Waals surface area (Å²) < 4.78 is 0.785. The lowest BCUT2D eigenvalue weighted by Gasteiger charge is -2.00. The van der Waals surface area contributed by atoms with E-state index in [0.29, 0.717) is 21.7 Å². The average molecular weight is 513 g/mol. The van der Waals surface area contributed by atoms with Gasteiger partial charge >= 0.3 is 0 Å². The summed E-state index contributed by atoms with van der Waals surface area (Å²) in [5.74, 6) is 0.471. The molecule has 10 nitrogen and oxygen atoms in total. The third-order valence-corrected chi connectivity index (χ3v) is 7.22. The highest BCUT2D eigenvalue weighted by Gasteiger charge is 2.11. The van der Waals surface area contributed by atoms with Crippen molar-refractivity contribution in [2.75, 3.05) is 16.4 Å². The Bertz CT molecular complexity index is 1120. The van der Waals surface area contributed by atoms with Gasteiger partial charge in [0, 0.05) is 36.0 Å². The van der Waals surface area contributed by atoms with Crippen molar-refractivity contribution in [2.24, 2.45) is 0 Å².